The first-order valence-electron chi connectivity index (χ1n) is 7.94. The summed E-state index contributed by atoms with van der Waals surface area (Å²) in [4.78, 5) is 16.2. The molecule has 0 saturated heterocycles. The largest absolute Gasteiger partial charge is 0.293 e. The molecule has 0 radical (unpaired) electrons. The number of aromatic nitrogens is 5. The quantitative estimate of drug-likeness (QED) is 0.586. The van der Waals surface area contributed by atoms with Crippen LogP contribution >= 0.6 is 22.6 Å². The Morgan fingerprint density at radius 3 is 2.88 bits per heavy atom. The molecule has 0 aliphatic carbocycles. The third kappa shape index (κ3) is 4.65. The molecule has 0 aliphatic heterocycles. The molecule has 0 spiro atoms. The average molecular weight is 450 g/mol. The zero-order valence-electron chi connectivity index (χ0n) is 14.1. The normalized spacial score (nSPS) is 10.8. The first kappa shape index (κ1) is 17.6. The molecule has 1 N–H and O–H groups in total. The van der Waals surface area contributed by atoms with E-state index in [-0.39, 0.29) is 5.91 Å². The van der Waals surface area contributed by atoms with Crippen LogP contribution in [-0.4, -0.2) is 30.5 Å². The van der Waals surface area contributed by atoms with Gasteiger partial charge in [-0.1, -0.05) is 29.8 Å². The van der Waals surface area contributed by atoms with Crippen LogP contribution in [0, 0.1) is 17.4 Å². The highest BCUT2D eigenvalue weighted by atomic mass is 127. The summed E-state index contributed by atoms with van der Waals surface area (Å²) in [6, 6.07) is 8.22. The van der Waals surface area contributed by atoms with Crippen LogP contribution in [0.15, 0.2) is 36.8 Å². The van der Waals surface area contributed by atoms with Crippen LogP contribution in [0.2, 0.25) is 0 Å². The summed E-state index contributed by atoms with van der Waals surface area (Å²) in [5, 5.41) is 11.3. The van der Waals surface area contributed by atoms with Gasteiger partial charge >= 0.3 is 0 Å². The smallest absolute Gasteiger partial charge is 0.248 e. The van der Waals surface area contributed by atoms with Gasteiger partial charge in [-0.2, -0.15) is 5.10 Å². The lowest BCUT2D eigenvalue weighted by atomic mass is 10.1. The Morgan fingerprint density at radius 2 is 2.16 bits per heavy atom. The summed E-state index contributed by atoms with van der Waals surface area (Å²) in [6.45, 7) is 5.19. The molecule has 0 aliphatic rings. The van der Waals surface area contributed by atoms with E-state index in [1.54, 1.807) is 17.2 Å². The minimum Gasteiger partial charge on any atom is -0.293 e. The number of benzene rings is 1. The van der Waals surface area contributed by atoms with Gasteiger partial charge in [0.2, 0.25) is 11.9 Å². The minimum atomic E-state index is -0.127. The second kappa shape index (κ2) is 7.77. The molecule has 0 saturated carbocycles. The lowest BCUT2D eigenvalue weighted by Gasteiger charge is -2.04. The summed E-state index contributed by atoms with van der Waals surface area (Å²) < 4.78 is 4.63. The highest BCUT2D eigenvalue weighted by molar-refractivity contribution is 14.1. The van der Waals surface area contributed by atoms with Gasteiger partial charge in [-0.15, -0.1) is 5.10 Å². The van der Waals surface area contributed by atoms with Crippen molar-refractivity contribution in [2.75, 3.05) is 5.32 Å². The number of halogens is 1. The molecule has 2 aromatic heterocycles. The van der Waals surface area contributed by atoms with Crippen molar-refractivity contribution < 1.29 is 4.79 Å². The van der Waals surface area contributed by atoms with Crippen LogP contribution in [0.1, 0.15) is 23.2 Å². The molecule has 2 heterocycles. The average Bonchev–Trinajstić information content (AvgIpc) is 3.13. The number of rotatable bonds is 6. The first-order chi connectivity index (χ1) is 12.0. The summed E-state index contributed by atoms with van der Waals surface area (Å²) in [6.07, 6.45) is 3.74. The molecule has 8 heteroatoms. The van der Waals surface area contributed by atoms with Crippen molar-refractivity contribution in [3.8, 4) is 0 Å². The fraction of sp³-hybridized carbons (Fsp3) is 0.294. The Labute approximate surface area is 159 Å². The van der Waals surface area contributed by atoms with E-state index in [1.165, 1.54) is 5.56 Å². The molecule has 1 aromatic carbocycles. The van der Waals surface area contributed by atoms with Gasteiger partial charge in [0, 0.05) is 12.1 Å². The lowest BCUT2D eigenvalue weighted by Crippen LogP contribution is -2.16. The third-order valence-electron chi connectivity index (χ3n) is 3.81. The molecule has 3 rings (SSSR count). The number of carbonyl (C=O) groups is 1. The SMILES string of the molecule is Cc1cccc(Cn2cnc(NC(=O)CCn3ncc(I)c3C)n2)c1. The molecule has 130 valence electrons. The van der Waals surface area contributed by atoms with Crippen molar-refractivity contribution in [2.24, 2.45) is 0 Å². The van der Waals surface area contributed by atoms with Crippen LogP contribution in [0.25, 0.3) is 0 Å². The predicted octanol–water partition coefficient (Wildman–Crippen LogP) is 2.77. The van der Waals surface area contributed by atoms with Crippen LogP contribution < -0.4 is 5.32 Å². The van der Waals surface area contributed by atoms with Crippen LogP contribution in [0.5, 0.6) is 0 Å². The van der Waals surface area contributed by atoms with Gasteiger partial charge in [0.1, 0.15) is 6.33 Å². The maximum absolute atomic E-state index is 12.1. The van der Waals surface area contributed by atoms with Crippen LogP contribution in [0.4, 0.5) is 5.95 Å². The van der Waals surface area contributed by atoms with Gasteiger partial charge in [0.05, 0.1) is 22.9 Å². The maximum atomic E-state index is 12.1. The van der Waals surface area contributed by atoms with E-state index in [0.717, 1.165) is 14.8 Å². The number of amides is 1. The zero-order valence-corrected chi connectivity index (χ0v) is 16.3. The fourth-order valence-corrected chi connectivity index (χ4v) is 2.87. The molecule has 7 nitrogen and oxygen atoms in total. The molecular weight excluding hydrogens is 431 g/mol. The number of carbonyl (C=O) groups excluding carboxylic acids is 1. The maximum Gasteiger partial charge on any atom is 0.248 e. The van der Waals surface area contributed by atoms with Crippen molar-refractivity contribution in [3.05, 3.63) is 57.2 Å². The van der Waals surface area contributed by atoms with Crippen molar-refractivity contribution >= 4 is 34.4 Å². The van der Waals surface area contributed by atoms with E-state index in [0.29, 0.717) is 25.5 Å². The molecule has 0 atom stereocenters. The van der Waals surface area contributed by atoms with Gasteiger partial charge in [0.15, 0.2) is 0 Å². The molecule has 0 unspecified atom stereocenters. The van der Waals surface area contributed by atoms with E-state index in [1.807, 2.05) is 23.7 Å². The summed E-state index contributed by atoms with van der Waals surface area (Å²) >= 11 is 2.23. The molecule has 0 bridgehead atoms. The topological polar surface area (TPSA) is 77.6 Å². The molecule has 25 heavy (non-hydrogen) atoms. The molecule has 0 fully saturated rings. The van der Waals surface area contributed by atoms with Crippen molar-refractivity contribution in [2.45, 2.75) is 33.4 Å². The highest BCUT2D eigenvalue weighted by Crippen LogP contribution is 2.10. The summed E-state index contributed by atoms with van der Waals surface area (Å²) in [7, 11) is 0. The second-order valence-corrected chi connectivity index (χ2v) is 7.02. The van der Waals surface area contributed by atoms with E-state index >= 15 is 0 Å². The number of hydrogen-bond donors (Lipinski definition) is 1. The lowest BCUT2D eigenvalue weighted by molar-refractivity contribution is -0.116. The van der Waals surface area contributed by atoms with E-state index in [9.17, 15) is 4.79 Å². The van der Waals surface area contributed by atoms with Gasteiger partial charge in [0.25, 0.3) is 0 Å². The fourth-order valence-electron chi connectivity index (χ4n) is 2.47. The molecular formula is C17H19IN6O. The summed E-state index contributed by atoms with van der Waals surface area (Å²) in [5.74, 6) is 0.197. The van der Waals surface area contributed by atoms with Crippen molar-refractivity contribution in [3.63, 3.8) is 0 Å². The summed E-state index contributed by atoms with van der Waals surface area (Å²) in [5.41, 5.74) is 3.41. The van der Waals surface area contributed by atoms with E-state index < -0.39 is 0 Å². The Balaban J connectivity index is 1.54. The Morgan fingerprint density at radius 1 is 1.32 bits per heavy atom. The molecule has 1 amide bonds. The minimum absolute atomic E-state index is 0.127. The van der Waals surface area contributed by atoms with E-state index in [2.05, 4.69) is 62.1 Å². The number of nitrogens with zero attached hydrogens (tertiary/aromatic N) is 5. The second-order valence-electron chi connectivity index (χ2n) is 5.85. The van der Waals surface area contributed by atoms with Gasteiger partial charge < -0.3 is 0 Å². The van der Waals surface area contributed by atoms with E-state index in [4.69, 9.17) is 0 Å². The van der Waals surface area contributed by atoms with Crippen molar-refractivity contribution in [1.29, 1.82) is 0 Å². The number of hydrogen-bond acceptors (Lipinski definition) is 4. The first-order valence-corrected chi connectivity index (χ1v) is 9.02. The van der Waals surface area contributed by atoms with Gasteiger partial charge in [-0.25, -0.2) is 9.67 Å². The van der Waals surface area contributed by atoms with Gasteiger partial charge in [-0.05, 0) is 42.0 Å². The third-order valence-corrected chi connectivity index (χ3v) is 4.87. The number of anilines is 1. The molecule has 3 aromatic rings. The Kier molecular flexibility index (Phi) is 5.47. The Bertz CT molecular complexity index is 885. The number of nitrogens with one attached hydrogen (secondary N) is 1. The predicted molar refractivity (Wildman–Crippen MR) is 103 cm³/mol. The number of aryl methyl sites for hydroxylation is 2. The van der Waals surface area contributed by atoms with Gasteiger partial charge in [-0.3, -0.25) is 14.8 Å². The Hall–Kier alpha value is -2.23. The standard InChI is InChI=1S/C17H19IN6O/c1-12-4-3-5-14(8-12)10-23-11-19-17(22-23)21-16(25)6-7-24-13(2)15(18)9-20-24/h3-5,8-9,11H,6-7,10H2,1-2H3,(H,21,22,25). The monoisotopic (exact) mass is 450 g/mol. The van der Waals surface area contributed by atoms with Crippen LogP contribution in [0.3, 0.4) is 0 Å². The zero-order chi connectivity index (χ0) is 17.8. The van der Waals surface area contributed by atoms with Crippen molar-refractivity contribution in [1.82, 2.24) is 24.5 Å². The highest BCUT2D eigenvalue weighted by Gasteiger charge is 2.09. The van der Waals surface area contributed by atoms with Crippen LogP contribution in [-0.2, 0) is 17.9 Å².